The average molecular weight is 474 g/mol. The number of aliphatic hydroxyl groups excluding tert-OH is 1. The third-order valence-corrected chi connectivity index (χ3v) is 7.30. The zero-order chi connectivity index (χ0) is 24.2. The second-order valence-electron chi connectivity index (χ2n) is 10.3. The predicted molar refractivity (Wildman–Crippen MR) is 130 cm³/mol. The summed E-state index contributed by atoms with van der Waals surface area (Å²) in [5, 5.41) is 12.9. The number of benzene rings is 1. The Morgan fingerprint density at radius 2 is 1.97 bits per heavy atom. The molecule has 4 rings (SSSR count). The van der Waals surface area contributed by atoms with Crippen molar-refractivity contribution in [2.24, 2.45) is 17.8 Å². The second kappa shape index (κ2) is 11.1. The van der Waals surface area contributed by atoms with E-state index in [1.807, 2.05) is 6.92 Å². The lowest BCUT2D eigenvalue weighted by Gasteiger charge is -2.38. The van der Waals surface area contributed by atoms with Crippen LogP contribution in [0.25, 0.3) is 0 Å². The number of carbonyl (C=O) groups is 2. The molecular weight excluding hydrogens is 434 g/mol. The molecule has 1 aliphatic carbocycles. The largest absolute Gasteiger partial charge is 0.486 e. The summed E-state index contributed by atoms with van der Waals surface area (Å²) in [5.74, 6) is 0.884. The van der Waals surface area contributed by atoms with Gasteiger partial charge in [0, 0.05) is 44.7 Å². The van der Waals surface area contributed by atoms with Gasteiger partial charge in [0.15, 0.2) is 5.75 Å². The number of hydrogen-bond acceptors (Lipinski definition) is 6. The summed E-state index contributed by atoms with van der Waals surface area (Å²) in [6.45, 7) is 7.28. The van der Waals surface area contributed by atoms with Crippen molar-refractivity contribution in [2.75, 3.05) is 51.8 Å². The molecule has 8 nitrogen and oxygen atoms in total. The highest BCUT2D eigenvalue weighted by molar-refractivity contribution is 6.02. The van der Waals surface area contributed by atoms with E-state index in [2.05, 4.69) is 24.2 Å². The van der Waals surface area contributed by atoms with Crippen LogP contribution >= 0.6 is 0 Å². The van der Waals surface area contributed by atoms with Gasteiger partial charge in [-0.05, 0) is 57.7 Å². The molecule has 0 aromatic heterocycles. The minimum atomic E-state index is -0.314. The van der Waals surface area contributed by atoms with Crippen LogP contribution in [0.4, 0.5) is 5.69 Å². The standard InChI is InChI=1S/C26H39N3O5/c1-17-13-29(18(2)16-30)26(32)21-5-4-6-22(27-25(31)20-9-11-33-12-10-20)24(21)34-23(17)15-28(3)14-19-7-8-19/h4-6,17-20,23,30H,7-16H2,1-3H3,(H,27,31)/t17-,18+,23+/m1/s1. The summed E-state index contributed by atoms with van der Waals surface area (Å²) in [4.78, 5) is 30.6. The van der Waals surface area contributed by atoms with Crippen LogP contribution in [0, 0.1) is 17.8 Å². The molecule has 2 amide bonds. The second-order valence-corrected chi connectivity index (χ2v) is 10.3. The van der Waals surface area contributed by atoms with Gasteiger partial charge in [-0.1, -0.05) is 13.0 Å². The number of rotatable bonds is 8. The van der Waals surface area contributed by atoms with E-state index in [4.69, 9.17) is 9.47 Å². The van der Waals surface area contributed by atoms with Gasteiger partial charge >= 0.3 is 0 Å². The van der Waals surface area contributed by atoms with Gasteiger partial charge in [0.25, 0.3) is 5.91 Å². The summed E-state index contributed by atoms with van der Waals surface area (Å²) in [6.07, 6.45) is 3.78. The van der Waals surface area contributed by atoms with Crippen LogP contribution in [0.2, 0.25) is 0 Å². The van der Waals surface area contributed by atoms with Gasteiger partial charge in [0.2, 0.25) is 5.91 Å². The van der Waals surface area contributed by atoms with Crippen molar-refractivity contribution in [1.29, 1.82) is 0 Å². The molecule has 2 heterocycles. The van der Waals surface area contributed by atoms with Crippen LogP contribution in [0.5, 0.6) is 5.75 Å². The van der Waals surface area contributed by atoms with E-state index in [0.29, 0.717) is 49.6 Å². The zero-order valence-corrected chi connectivity index (χ0v) is 20.7. The average Bonchev–Trinajstić information content (AvgIpc) is 3.65. The number of nitrogens with one attached hydrogen (secondary N) is 1. The highest BCUT2D eigenvalue weighted by atomic mass is 16.5. The lowest BCUT2D eigenvalue weighted by molar-refractivity contribution is -0.122. The minimum Gasteiger partial charge on any atom is -0.486 e. The van der Waals surface area contributed by atoms with Crippen molar-refractivity contribution in [3.05, 3.63) is 23.8 Å². The lowest BCUT2D eigenvalue weighted by Crippen LogP contribution is -2.50. The third kappa shape index (κ3) is 5.90. The summed E-state index contributed by atoms with van der Waals surface area (Å²) in [6, 6.07) is 5.02. The number of anilines is 1. The summed E-state index contributed by atoms with van der Waals surface area (Å²) in [5.41, 5.74) is 0.953. The zero-order valence-electron chi connectivity index (χ0n) is 20.7. The number of para-hydroxylation sites is 1. The number of amides is 2. The van der Waals surface area contributed by atoms with Crippen molar-refractivity contribution in [1.82, 2.24) is 9.80 Å². The Balaban J connectivity index is 1.64. The van der Waals surface area contributed by atoms with E-state index in [0.717, 1.165) is 19.0 Å². The molecule has 2 N–H and O–H groups in total. The molecule has 34 heavy (non-hydrogen) atoms. The Morgan fingerprint density at radius 3 is 2.65 bits per heavy atom. The molecule has 0 unspecified atom stereocenters. The number of likely N-dealkylation sites (N-methyl/N-ethyl adjacent to an activating group) is 1. The topological polar surface area (TPSA) is 91.3 Å². The highest BCUT2D eigenvalue weighted by Gasteiger charge is 2.35. The molecular formula is C26H39N3O5. The summed E-state index contributed by atoms with van der Waals surface area (Å²) >= 11 is 0. The van der Waals surface area contributed by atoms with Crippen LogP contribution in [-0.4, -0.2) is 85.4 Å². The molecule has 1 aromatic carbocycles. The van der Waals surface area contributed by atoms with E-state index < -0.39 is 0 Å². The van der Waals surface area contributed by atoms with Gasteiger partial charge in [0.05, 0.1) is 23.9 Å². The molecule has 1 saturated carbocycles. The SMILES string of the molecule is C[C@@H]1CN([C@@H](C)CO)C(=O)c2cccc(NC(=O)C3CCOCC3)c2O[C@H]1CN(C)CC1CC1. The van der Waals surface area contributed by atoms with E-state index in [1.165, 1.54) is 12.8 Å². The lowest BCUT2D eigenvalue weighted by atomic mass is 9.98. The molecule has 1 aromatic rings. The van der Waals surface area contributed by atoms with Gasteiger partial charge in [0.1, 0.15) is 6.10 Å². The molecule has 2 aliphatic heterocycles. The first-order valence-corrected chi connectivity index (χ1v) is 12.7. The number of hydrogen-bond donors (Lipinski definition) is 2. The normalized spacial score (nSPS) is 24.7. The van der Waals surface area contributed by atoms with Crippen molar-refractivity contribution in [3.8, 4) is 5.75 Å². The molecule has 3 aliphatic rings. The van der Waals surface area contributed by atoms with Crippen LogP contribution in [0.3, 0.4) is 0 Å². The molecule has 0 radical (unpaired) electrons. The van der Waals surface area contributed by atoms with Gasteiger partial charge < -0.3 is 29.7 Å². The summed E-state index contributed by atoms with van der Waals surface area (Å²) in [7, 11) is 2.12. The predicted octanol–water partition coefficient (Wildman–Crippen LogP) is 2.61. The monoisotopic (exact) mass is 473 g/mol. The molecule has 8 heteroatoms. The van der Waals surface area contributed by atoms with Gasteiger partial charge in [-0.15, -0.1) is 0 Å². The van der Waals surface area contributed by atoms with E-state index >= 15 is 0 Å². The smallest absolute Gasteiger partial charge is 0.258 e. The van der Waals surface area contributed by atoms with Crippen LogP contribution in [0.1, 0.15) is 49.9 Å². The van der Waals surface area contributed by atoms with E-state index in [-0.39, 0.29) is 42.4 Å². The summed E-state index contributed by atoms with van der Waals surface area (Å²) < 4.78 is 12.0. The first-order valence-electron chi connectivity index (χ1n) is 12.7. The molecule has 0 spiro atoms. The maximum absolute atomic E-state index is 13.6. The fraction of sp³-hybridized carbons (Fsp3) is 0.692. The number of ether oxygens (including phenoxy) is 2. The Labute approximate surface area is 202 Å². The molecule has 2 fully saturated rings. The number of fused-ring (bicyclic) bond motifs is 1. The number of nitrogens with zero attached hydrogens (tertiary/aromatic N) is 2. The molecule has 3 atom stereocenters. The van der Waals surface area contributed by atoms with Crippen LogP contribution < -0.4 is 10.1 Å². The van der Waals surface area contributed by atoms with E-state index in [9.17, 15) is 14.7 Å². The van der Waals surface area contributed by atoms with Gasteiger partial charge in [-0.25, -0.2) is 0 Å². The Morgan fingerprint density at radius 1 is 1.24 bits per heavy atom. The van der Waals surface area contributed by atoms with Crippen molar-refractivity contribution >= 4 is 17.5 Å². The van der Waals surface area contributed by atoms with Crippen LogP contribution in [0.15, 0.2) is 18.2 Å². The van der Waals surface area contributed by atoms with E-state index in [1.54, 1.807) is 23.1 Å². The van der Waals surface area contributed by atoms with Crippen LogP contribution in [-0.2, 0) is 9.53 Å². The quantitative estimate of drug-likeness (QED) is 0.603. The maximum atomic E-state index is 13.6. The molecule has 188 valence electrons. The fourth-order valence-electron chi connectivity index (χ4n) is 4.88. The van der Waals surface area contributed by atoms with Gasteiger partial charge in [-0.3, -0.25) is 9.59 Å². The van der Waals surface area contributed by atoms with Crippen molar-refractivity contribution in [3.63, 3.8) is 0 Å². The fourth-order valence-corrected chi connectivity index (χ4v) is 4.88. The maximum Gasteiger partial charge on any atom is 0.258 e. The first-order chi connectivity index (χ1) is 16.4. The first kappa shape index (κ1) is 24.9. The Kier molecular flexibility index (Phi) is 8.11. The number of aliphatic hydroxyl groups is 1. The minimum absolute atomic E-state index is 0.0482. The highest BCUT2D eigenvalue weighted by Crippen LogP contribution is 2.36. The van der Waals surface area contributed by atoms with Crippen molar-refractivity contribution < 1.29 is 24.2 Å². The molecule has 1 saturated heterocycles. The number of carbonyl (C=O) groups excluding carboxylic acids is 2. The van der Waals surface area contributed by atoms with Gasteiger partial charge in [-0.2, -0.15) is 0 Å². The Hall–Kier alpha value is -2.16. The Bertz CT molecular complexity index is 868. The third-order valence-electron chi connectivity index (χ3n) is 7.30. The molecule has 0 bridgehead atoms. The van der Waals surface area contributed by atoms with Crippen molar-refractivity contribution in [2.45, 2.75) is 51.7 Å².